The summed E-state index contributed by atoms with van der Waals surface area (Å²) >= 11 is 0. The van der Waals surface area contributed by atoms with Crippen LogP contribution >= 0.6 is 8.53 Å². The molecule has 1 saturated heterocycles. The molecule has 65 heavy (non-hydrogen) atoms. The second-order valence-electron chi connectivity index (χ2n) is 15.7. The molecule has 17 heteroatoms. The standard InChI is InChI=1S/C48H57N4O12P/c1-32(2)52(33(3)4)65(62-26-12-25-49)64-43-27-45(51-28-37(46(55)50-47(51)56)16-15-36(29-59-34(5)53)30-60-35(6)54)63-44(43)31-61-48(38-13-10-9-11-14-38,39-17-21-41(57-7)22-18-39)40-19-23-42(58-8)24-20-40/h9-11,13-14,17-24,28,32-33,36,43-45H,12,26-27,29-31H2,1-8H3,(H,50,55,56)/t43-,44-,45-,65?/m1/s1. The highest BCUT2D eigenvalue weighted by atomic mass is 31.2. The number of hydrogen-bond donors (Lipinski definition) is 1. The van der Waals surface area contributed by atoms with E-state index in [4.69, 9.17) is 37.5 Å². The summed E-state index contributed by atoms with van der Waals surface area (Å²) in [4.78, 5) is 52.3. The van der Waals surface area contributed by atoms with Crippen molar-refractivity contribution in [3.63, 3.8) is 0 Å². The summed E-state index contributed by atoms with van der Waals surface area (Å²) in [5.74, 6) is 5.05. The predicted molar refractivity (Wildman–Crippen MR) is 242 cm³/mol. The zero-order chi connectivity index (χ0) is 47.1. The van der Waals surface area contributed by atoms with E-state index in [-0.39, 0.29) is 56.9 Å². The second-order valence-corrected chi connectivity index (χ2v) is 17.1. The monoisotopic (exact) mass is 912 g/mol. The van der Waals surface area contributed by atoms with Crippen LogP contribution in [-0.2, 0) is 43.2 Å². The fraction of sp³-hybridized carbons (Fsp3) is 0.438. The Morgan fingerprint density at radius 2 is 1.43 bits per heavy atom. The third kappa shape index (κ3) is 13.1. The van der Waals surface area contributed by atoms with Crippen molar-refractivity contribution in [3.8, 4) is 29.4 Å². The van der Waals surface area contributed by atoms with Crippen LogP contribution in [0.3, 0.4) is 0 Å². The van der Waals surface area contributed by atoms with E-state index in [2.05, 4.69) is 27.6 Å². The molecule has 1 unspecified atom stereocenters. The van der Waals surface area contributed by atoms with Crippen LogP contribution in [0, 0.1) is 29.1 Å². The first-order chi connectivity index (χ1) is 31.2. The quantitative estimate of drug-likeness (QED) is 0.0309. The Hall–Kier alpha value is -5.84. The lowest BCUT2D eigenvalue weighted by molar-refractivity contribution is -0.144. The summed E-state index contributed by atoms with van der Waals surface area (Å²) in [6.45, 7) is 10.3. The molecule has 16 nitrogen and oxygen atoms in total. The summed E-state index contributed by atoms with van der Waals surface area (Å²) < 4.78 is 51.9. The van der Waals surface area contributed by atoms with Gasteiger partial charge in [0.1, 0.15) is 48.2 Å². The summed E-state index contributed by atoms with van der Waals surface area (Å²) in [5, 5.41) is 9.41. The fourth-order valence-corrected chi connectivity index (χ4v) is 9.12. The number of aromatic nitrogens is 2. The Labute approximate surface area is 380 Å². The molecule has 0 amide bonds. The number of rotatable bonds is 21. The minimum absolute atomic E-state index is 0.0136. The molecule has 1 N–H and O–H groups in total. The van der Waals surface area contributed by atoms with Crippen molar-refractivity contribution >= 4 is 20.5 Å². The number of esters is 2. The first kappa shape index (κ1) is 50.2. The zero-order valence-corrected chi connectivity index (χ0v) is 38.9. The van der Waals surface area contributed by atoms with Crippen LogP contribution in [0.2, 0.25) is 0 Å². The van der Waals surface area contributed by atoms with Gasteiger partial charge in [-0.15, -0.1) is 0 Å². The maximum absolute atomic E-state index is 13.7. The first-order valence-electron chi connectivity index (χ1n) is 21.2. The summed E-state index contributed by atoms with van der Waals surface area (Å²) in [7, 11) is 1.41. The van der Waals surface area contributed by atoms with E-state index in [1.54, 1.807) is 14.2 Å². The molecule has 5 rings (SSSR count). The maximum atomic E-state index is 13.7. The van der Waals surface area contributed by atoms with Gasteiger partial charge in [0.25, 0.3) is 14.1 Å². The highest BCUT2D eigenvalue weighted by Crippen LogP contribution is 2.50. The molecule has 3 aromatic carbocycles. The Morgan fingerprint density at radius 3 is 1.94 bits per heavy atom. The number of methoxy groups -OCH3 is 2. The normalized spacial score (nSPS) is 16.5. The molecular formula is C48H57N4O12P. The van der Waals surface area contributed by atoms with E-state index in [0.29, 0.717) is 11.5 Å². The number of H-pyrrole nitrogens is 1. The van der Waals surface area contributed by atoms with Gasteiger partial charge in [-0.2, -0.15) is 5.26 Å². The van der Waals surface area contributed by atoms with Crippen LogP contribution in [0.1, 0.15) is 82.9 Å². The molecule has 1 aliphatic heterocycles. The molecular weight excluding hydrogens is 856 g/mol. The number of hydrogen-bond acceptors (Lipinski definition) is 14. The summed E-state index contributed by atoms with van der Waals surface area (Å²) in [6.07, 6.45) is -1.02. The van der Waals surface area contributed by atoms with Gasteiger partial charge in [0.05, 0.1) is 51.9 Å². The Morgan fingerprint density at radius 1 is 0.877 bits per heavy atom. The Kier molecular flexibility index (Phi) is 18.4. The van der Waals surface area contributed by atoms with Gasteiger partial charge in [0, 0.05) is 38.5 Å². The van der Waals surface area contributed by atoms with Crippen molar-refractivity contribution < 1.29 is 47.1 Å². The van der Waals surface area contributed by atoms with E-state index in [9.17, 15) is 24.4 Å². The minimum atomic E-state index is -1.79. The van der Waals surface area contributed by atoms with Crippen molar-refractivity contribution in [2.24, 2.45) is 5.92 Å². The fourth-order valence-electron chi connectivity index (χ4n) is 7.36. The number of aromatic amines is 1. The van der Waals surface area contributed by atoms with Crippen molar-refractivity contribution in [1.29, 1.82) is 5.26 Å². The van der Waals surface area contributed by atoms with E-state index < -0.39 is 61.7 Å². The summed E-state index contributed by atoms with van der Waals surface area (Å²) in [6, 6.07) is 27.1. The van der Waals surface area contributed by atoms with Gasteiger partial charge in [-0.3, -0.25) is 23.9 Å². The Bertz CT molecular complexity index is 2330. The molecule has 0 spiro atoms. The molecule has 4 atom stereocenters. The van der Waals surface area contributed by atoms with Crippen molar-refractivity contribution in [3.05, 3.63) is 128 Å². The molecule has 1 aromatic heterocycles. The van der Waals surface area contributed by atoms with Gasteiger partial charge >= 0.3 is 17.6 Å². The minimum Gasteiger partial charge on any atom is -0.497 e. The van der Waals surface area contributed by atoms with E-state index >= 15 is 0 Å². The number of benzene rings is 3. The number of nitriles is 1. The Balaban J connectivity index is 1.61. The third-order valence-corrected chi connectivity index (χ3v) is 12.5. The average molecular weight is 913 g/mol. The van der Waals surface area contributed by atoms with Gasteiger partial charge in [-0.05, 0) is 68.7 Å². The van der Waals surface area contributed by atoms with Crippen molar-refractivity contribution in [1.82, 2.24) is 14.2 Å². The van der Waals surface area contributed by atoms with Crippen LogP contribution < -0.4 is 20.7 Å². The highest BCUT2D eigenvalue weighted by Gasteiger charge is 2.45. The molecule has 2 heterocycles. The van der Waals surface area contributed by atoms with Crippen molar-refractivity contribution in [2.45, 2.75) is 90.5 Å². The van der Waals surface area contributed by atoms with Crippen LogP contribution in [0.25, 0.3) is 0 Å². The molecule has 0 bridgehead atoms. The van der Waals surface area contributed by atoms with Crippen LogP contribution in [0.15, 0.2) is 94.6 Å². The van der Waals surface area contributed by atoms with Gasteiger partial charge in [-0.25, -0.2) is 9.46 Å². The molecule has 0 radical (unpaired) electrons. The number of ether oxygens (including phenoxy) is 6. The molecule has 1 fully saturated rings. The molecule has 0 saturated carbocycles. The number of carbonyl (C=O) groups is 2. The van der Waals surface area contributed by atoms with Crippen LogP contribution in [0.5, 0.6) is 11.5 Å². The molecule has 4 aromatic rings. The number of carbonyl (C=O) groups excluding carboxylic acids is 2. The lowest BCUT2D eigenvalue weighted by Gasteiger charge is -2.39. The predicted octanol–water partition coefficient (Wildman–Crippen LogP) is 6.61. The highest BCUT2D eigenvalue weighted by molar-refractivity contribution is 7.44. The largest absolute Gasteiger partial charge is 0.497 e. The van der Waals surface area contributed by atoms with Gasteiger partial charge < -0.3 is 37.5 Å². The number of nitrogens with zero attached hydrogens (tertiary/aromatic N) is 3. The topological polar surface area (TPSA) is 190 Å². The van der Waals surface area contributed by atoms with Gasteiger partial charge in [0.2, 0.25) is 0 Å². The van der Waals surface area contributed by atoms with E-state index in [1.165, 1.54) is 24.6 Å². The second kappa shape index (κ2) is 23.9. The van der Waals surface area contributed by atoms with E-state index in [0.717, 1.165) is 16.7 Å². The van der Waals surface area contributed by atoms with Gasteiger partial charge in [-0.1, -0.05) is 66.4 Å². The smallest absolute Gasteiger partial charge is 0.330 e. The third-order valence-electron chi connectivity index (χ3n) is 10.4. The average Bonchev–Trinajstić information content (AvgIpc) is 3.68. The zero-order valence-electron chi connectivity index (χ0n) is 38.0. The van der Waals surface area contributed by atoms with Crippen LogP contribution in [-0.4, -0.2) is 91.1 Å². The van der Waals surface area contributed by atoms with Crippen molar-refractivity contribution in [2.75, 3.05) is 40.6 Å². The van der Waals surface area contributed by atoms with Gasteiger partial charge in [0.15, 0.2) is 0 Å². The molecule has 0 aliphatic carbocycles. The SMILES string of the molecule is COc1ccc(C(OC[C@H]2O[C@@H](n3cc(C#CC(COC(C)=O)COC(C)=O)c(=O)[nH]c3=O)C[C@H]2OP(OCCC#N)N(C(C)C)C(C)C)(c2ccccc2)c2ccc(OC)cc2)cc1. The maximum Gasteiger partial charge on any atom is 0.330 e. The lowest BCUT2D eigenvalue weighted by Crippen LogP contribution is -2.39. The van der Waals surface area contributed by atoms with Crippen LogP contribution in [0.4, 0.5) is 0 Å². The lowest BCUT2D eigenvalue weighted by atomic mass is 9.80. The summed E-state index contributed by atoms with van der Waals surface area (Å²) in [5.41, 5.74) is -0.434. The molecule has 1 aliphatic rings. The molecule has 346 valence electrons. The first-order valence-corrected chi connectivity index (χ1v) is 22.4. The number of nitrogens with one attached hydrogen (secondary N) is 1. The van der Waals surface area contributed by atoms with E-state index in [1.807, 2.05) is 107 Å².